The second kappa shape index (κ2) is 7.57. The third-order valence-corrected chi connectivity index (χ3v) is 4.62. The third kappa shape index (κ3) is 3.24. The summed E-state index contributed by atoms with van der Waals surface area (Å²) < 4.78 is 27.9. The summed E-state index contributed by atoms with van der Waals surface area (Å²) in [7, 11) is 0. The molecule has 0 amide bonds. The summed E-state index contributed by atoms with van der Waals surface area (Å²) in [5, 5.41) is 9.75. The van der Waals surface area contributed by atoms with E-state index in [0.717, 1.165) is 11.1 Å². The molecule has 0 aliphatic carbocycles. The Balaban J connectivity index is 1.84. The standard InChI is InChI=1S/C22H18N2O5/c1-3-7-26-16-6-5-13(8-18(16)25-4-2)21-14-9-19-20(28-12-27-19)10-17(14)29-22(24)15(21)11-23/h1,5-6,8-10,21H,4,7,12,24H2,2H3/t21-/m1/s1. The van der Waals surface area contributed by atoms with Crippen molar-refractivity contribution in [3.63, 3.8) is 0 Å². The van der Waals surface area contributed by atoms with Gasteiger partial charge in [-0.15, -0.1) is 6.42 Å². The lowest BCUT2D eigenvalue weighted by molar-refractivity contribution is 0.174. The first-order chi connectivity index (χ1) is 14.2. The van der Waals surface area contributed by atoms with E-state index in [2.05, 4.69) is 12.0 Å². The van der Waals surface area contributed by atoms with Gasteiger partial charge in [0.1, 0.15) is 24.0 Å². The molecule has 7 nitrogen and oxygen atoms in total. The smallest absolute Gasteiger partial charge is 0.231 e. The summed E-state index contributed by atoms with van der Waals surface area (Å²) in [6.07, 6.45) is 5.29. The van der Waals surface area contributed by atoms with Crippen LogP contribution in [0.5, 0.6) is 28.7 Å². The molecular formula is C22H18N2O5. The second-order valence-electron chi connectivity index (χ2n) is 6.30. The van der Waals surface area contributed by atoms with Crippen LogP contribution in [0.25, 0.3) is 0 Å². The van der Waals surface area contributed by atoms with E-state index in [1.807, 2.05) is 25.1 Å². The van der Waals surface area contributed by atoms with Gasteiger partial charge in [-0.25, -0.2) is 0 Å². The van der Waals surface area contributed by atoms with Crippen molar-refractivity contribution in [1.29, 1.82) is 5.26 Å². The maximum atomic E-state index is 9.75. The molecule has 2 aromatic rings. The molecule has 0 fully saturated rings. The van der Waals surface area contributed by atoms with Crippen molar-refractivity contribution >= 4 is 0 Å². The van der Waals surface area contributed by atoms with Crippen molar-refractivity contribution < 1.29 is 23.7 Å². The second-order valence-corrected chi connectivity index (χ2v) is 6.30. The molecule has 2 aliphatic rings. The summed E-state index contributed by atoms with van der Waals surface area (Å²) >= 11 is 0. The lowest BCUT2D eigenvalue weighted by Crippen LogP contribution is -2.21. The van der Waals surface area contributed by atoms with E-state index in [1.165, 1.54) is 0 Å². The number of hydrogen-bond acceptors (Lipinski definition) is 7. The highest BCUT2D eigenvalue weighted by molar-refractivity contribution is 5.62. The molecule has 7 heteroatoms. The number of ether oxygens (including phenoxy) is 5. The lowest BCUT2D eigenvalue weighted by atomic mass is 9.83. The molecule has 146 valence electrons. The highest BCUT2D eigenvalue weighted by Crippen LogP contribution is 2.48. The van der Waals surface area contributed by atoms with Crippen LogP contribution in [-0.2, 0) is 0 Å². The molecule has 0 unspecified atom stereocenters. The van der Waals surface area contributed by atoms with Crippen LogP contribution >= 0.6 is 0 Å². The van der Waals surface area contributed by atoms with Crippen LogP contribution in [0.15, 0.2) is 41.8 Å². The largest absolute Gasteiger partial charge is 0.490 e. The Hall–Kier alpha value is -3.97. The molecule has 0 radical (unpaired) electrons. The summed E-state index contributed by atoms with van der Waals surface area (Å²) in [5.74, 6) is 4.77. The zero-order valence-electron chi connectivity index (χ0n) is 15.7. The van der Waals surface area contributed by atoms with E-state index in [4.69, 9.17) is 35.8 Å². The lowest BCUT2D eigenvalue weighted by Gasteiger charge is -2.27. The number of rotatable bonds is 5. The molecule has 2 aliphatic heterocycles. The Morgan fingerprint density at radius 2 is 1.93 bits per heavy atom. The first kappa shape index (κ1) is 18.4. The minimum Gasteiger partial charge on any atom is -0.490 e. The first-order valence-electron chi connectivity index (χ1n) is 9.00. The molecule has 0 aromatic heterocycles. The van der Waals surface area contributed by atoms with Gasteiger partial charge in [0.05, 0.1) is 12.5 Å². The number of hydrogen-bond donors (Lipinski definition) is 1. The monoisotopic (exact) mass is 390 g/mol. The topological polar surface area (TPSA) is 96.0 Å². The van der Waals surface area contributed by atoms with Gasteiger partial charge in [0.25, 0.3) is 0 Å². The Labute approximate surface area is 168 Å². The van der Waals surface area contributed by atoms with Crippen LogP contribution in [-0.4, -0.2) is 20.0 Å². The van der Waals surface area contributed by atoms with Gasteiger partial charge >= 0.3 is 0 Å². The Kier molecular flexibility index (Phi) is 4.80. The zero-order valence-corrected chi connectivity index (χ0v) is 15.7. The van der Waals surface area contributed by atoms with E-state index in [-0.39, 0.29) is 19.3 Å². The number of nitriles is 1. The maximum absolute atomic E-state index is 9.75. The predicted octanol–water partition coefficient (Wildman–Crippen LogP) is 3.04. The molecular weight excluding hydrogens is 372 g/mol. The van der Waals surface area contributed by atoms with Gasteiger partial charge in [0.2, 0.25) is 12.7 Å². The van der Waals surface area contributed by atoms with Gasteiger partial charge in [-0.05, 0) is 30.7 Å². The number of benzene rings is 2. The van der Waals surface area contributed by atoms with Crippen molar-refractivity contribution in [2.75, 3.05) is 20.0 Å². The van der Waals surface area contributed by atoms with Gasteiger partial charge < -0.3 is 29.4 Å². The van der Waals surface area contributed by atoms with Crippen LogP contribution in [0.3, 0.4) is 0 Å². The Morgan fingerprint density at radius 3 is 2.66 bits per heavy atom. The number of allylic oxidation sites excluding steroid dienone is 1. The van der Waals surface area contributed by atoms with Crippen LogP contribution in [0, 0.1) is 23.7 Å². The highest BCUT2D eigenvalue weighted by Gasteiger charge is 2.33. The average molecular weight is 390 g/mol. The van der Waals surface area contributed by atoms with Gasteiger partial charge in [-0.1, -0.05) is 12.0 Å². The van der Waals surface area contributed by atoms with Gasteiger partial charge in [-0.2, -0.15) is 5.26 Å². The van der Waals surface area contributed by atoms with E-state index >= 15 is 0 Å². The SMILES string of the molecule is C#CCOc1ccc([C@H]2C(C#N)=C(N)Oc3cc4c(cc32)OCO4)cc1OCC. The summed E-state index contributed by atoms with van der Waals surface area (Å²) in [6.45, 7) is 2.58. The molecule has 4 rings (SSSR count). The van der Waals surface area contributed by atoms with E-state index in [9.17, 15) is 5.26 Å². The van der Waals surface area contributed by atoms with E-state index < -0.39 is 5.92 Å². The van der Waals surface area contributed by atoms with Crippen molar-refractivity contribution in [2.24, 2.45) is 5.73 Å². The van der Waals surface area contributed by atoms with Gasteiger partial charge in [0.15, 0.2) is 23.0 Å². The van der Waals surface area contributed by atoms with Crippen LogP contribution in [0.2, 0.25) is 0 Å². The molecule has 29 heavy (non-hydrogen) atoms. The quantitative estimate of drug-likeness (QED) is 0.784. The van der Waals surface area contributed by atoms with E-state index in [1.54, 1.807) is 12.1 Å². The summed E-state index contributed by atoms with van der Waals surface area (Å²) in [4.78, 5) is 0. The normalized spacial score (nSPS) is 16.3. The highest BCUT2D eigenvalue weighted by atomic mass is 16.7. The van der Waals surface area contributed by atoms with Gasteiger partial charge in [-0.3, -0.25) is 0 Å². The predicted molar refractivity (Wildman–Crippen MR) is 104 cm³/mol. The molecule has 0 bridgehead atoms. The maximum Gasteiger partial charge on any atom is 0.231 e. The molecule has 2 N–H and O–H groups in total. The summed E-state index contributed by atoms with van der Waals surface area (Å²) in [6, 6.07) is 11.1. The fourth-order valence-corrected chi connectivity index (χ4v) is 3.40. The fourth-order valence-electron chi connectivity index (χ4n) is 3.40. The van der Waals surface area contributed by atoms with Crippen molar-refractivity contribution in [1.82, 2.24) is 0 Å². The van der Waals surface area contributed by atoms with Crippen molar-refractivity contribution in [3.05, 3.63) is 52.9 Å². The minimum absolute atomic E-state index is 0.0504. The number of terminal acetylenes is 1. The number of fused-ring (bicyclic) bond motifs is 2. The molecule has 2 heterocycles. The fraction of sp³-hybridized carbons (Fsp3) is 0.227. The van der Waals surface area contributed by atoms with Crippen molar-refractivity contribution in [2.45, 2.75) is 12.8 Å². The number of nitrogens with zero attached hydrogens (tertiary/aromatic N) is 1. The minimum atomic E-state index is -0.459. The molecule has 0 spiro atoms. The Morgan fingerprint density at radius 1 is 1.14 bits per heavy atom. The molecule has 0 saturated heterocycles. The third-order valence-electron chi connectivity index (χ3n) is 4.62. The number of nitrogens with two attached hydrogens (primary N) is 1. The molecule has 2 aromatic carbocycles. The van der Waals surface area contributed by atoms with E-state index in [0.29, 0.717) is 40.9 Å². The average Bonchev–Trinajstić information content (AvgIpc) is 3.18. The molecule has 1 atom stereocenters. The first-order valence-corrected chi connectivity index (χ1v) is 9.00. The van der Waals surface area contributed by atoms with Gasteiger partial charge in [0, 0.05) is 11.6 Å². The Bertz CT molecular complexity index is 1080. The molecule has 0 saturated carbocycles. The van der Waals surface area contributed by atoms with Crippen LogP contribution in [0.4, 0.5) is 0 Å². The van der Waals surface area contributed by atoms with Crippen molar-refractivity contribution in [3.8, 4) is 47.2 Å². The van der Waals surface area contributed by atoms with Crippen LogP contribution < -0.4 is 29.4 Å². The van der Waals surface area contributed by atoms with Crippen LogP contribution in [0.1, 0.15) is 24.0 Å². The zero-order chi connectivity index (χ0) is 20.4. The summed E-state index contributed by atoms with van der Waals surface area (Å²) in [5.41, 5.74) is 7.90.